The monoisotopic (exact) mass is 158 g/mol. The second kappa shape index (κ2) is 3.60. The first-order valence-electron chi connectivity index (χ1n) is 3.12. The lowest BCUT2D eigenvalue weighted by atomic mass is 10.2. The van der Waals surface area contributed by atoms with Gasteiger partial charge in [0.25, 0.3) is 0 Å². The van der Waals surface area contributed by atoms with Crippen molar-refractivity contribution >= 4 is 11.7 Å². The normalized spacial score (nSPS) is 13.4. The van der Waals surface area contributed by atoms with Crippen molar-refractivity contribution in [1.82, 2.24) is 14.2 Å². The van der Waals surface area contributed by atoms with Gasteiger partial charge in [-0.2, -0.15) is 8.75 Å². The molecule has 0 aliphatic carbocycles. The van der Waals surface area contributed by atoms with Crippen LogP contribution in [-0.4, -0.2) is 8.75 Å². The van der Waals surface area contributed by atoms with Gasteiger partial charge >= 0.3 is 0 Å². The van der Waals surface area contributed by atoms with Gasteiger partial charge in [-0.1, -0.05) is 6.92 Å². The molecule has 0 bridgehead atoms. The molecule has 1 rings (SSSR count). The summed E-state index contributed by atoms with van der Waals surface area (Å²) in [5, 5.41) is 0. The molecule has 0 aliphatic rings. The Hall–Kier alpha value is -0.520. The lowest BCUT2D eigenvalue weighted by molar-refractivity contribution is 0.529. The topological polar surface area (TPSA) is 63.8 Å². The molecule has 1 aromatic rings. The Morgan fingerprint density at radius 3 is 3.10 bits per heavy atom. The Kier molecular flexibility index (Phi) is 2.73. The minimum atomic E-state index is 0.152. The van der Waals surface area contributed by atoms with E-state index in [9.17, 15) is 0 Å². The number of nitrogens with two attached hydrogens (primary N) is 1. The van der Waals surface area contributed by atoms with E-state index in [1.54, 1.807) is 6.20 Å². The predicted molar refractivity (Wildman–Crippen MR) is 40.3 cm³/mol. The van der Waals surface area contributed by atoms with Gasteiger partial charge in [-0.25, -0.2) is 0 Å². The summed E-state index contributed by atoms with van der Waals surface area (Å²) < 4.78 is 7.92. The molecule has 0 amide bonds. The molecule has 0 spiro atoms. The van der Waals surface area contributed by atoms with E-state index in [4.69, 9.17) is 5.84 Å². The third kappa shape index (κ3) is 1.50. The van der Waals surface area contributed by atoms with Gasteiger partial charge in [0.1, 0.15) is 0 Å². The zero-order valence-electron chi connectivity index (χ0n) is 5.74. The average Bonchev–Trinajstić information content (AvgIpc) is 2.43. The van der Waals surface area contributed by atoms with Crippen LogP contribution in [0.1, 0.15) is 25.1 Å². The largest absolute Gasteiger partial charge is 0.271 e. The van der Waals surface area contributed by atoms with Crippen LogP contribution in [0, 0.1) is 0 Å². The van der Waals surface area contributed by atoms with Crippen LogP contribution in [-0.2, 0) is 0 Å². The van der Waals surface area contributed by atoms with Gasteiger partial charge in [0.2, 0.25) is 0 Å². The van der Waals surface area contributed by atoms with Crippen molar-refractivity contribution in [3.05, 3.63) is 11.9 Å². The van der Waals surface area contributed by atoms with Gasteiger partial charge in [0, 0.05) is 0 Å². The molecule has 1 heterocycles. The van der Waals surface area contributed by atoms with E-state index in [2.05, 4.69) is 14.2 Å². The highest BCUT2D eigenvalue weighted by atomic mass is 32.1. The lowest BCUT2D eigenvalue weighted by Gasteiger charge is -2.07. The number of aromatic nitrogens is 2. The van der Waals surface area contributed by atoms with E-state index < -0.39 is 0 Å². The van der Waals surface area contributed by atoms with E-state index in [0.717, 1.165) is 12.1 Å². The fourth-order valence-electron chi connectivity index (χ4n) is 0.738. The molecule has 0 saturated heterocycles. The van der Waals surface area contributed by atoms with Gasteiger partial charge in [-0.15, -0.1) is 0 Å². The van der Waals surface area contributed by atoms with Crippen LogP contribution in [0.15, 0.2) is 6.20 Å². The van der Waals surface area contributed by atoms with Gasteiger partial charge < -0.3 is 0 Å². The number of nitrogens with zero attached hydrogens (tertiary/aromatic N) is 2. The van der Waals surface area contributed by atoms with Crippen molar-refractivity contribution in [2.45, 2.75) is 19.4 Å². The molecule has 1 aromatic heterocycles. The molecule has 0 aromatic carbocycles. The van der Waals surface area contributed by atoms with E-state index in [1.807, 2.05) is 6.92 Å². The van der Waals surface area contributed by atoms with Crippen LogP contribution in [0.25, 0.3) is 0 Å². The molecule has 1 atom stereocenters. The summed E-state index contributed by atoms with van der Waals surface area (Å²) in [6, 6.07) is 0.152. The first-order valence-corrected chi connectivity index (χ1v) is 3.85. The summed E-state index contributed by atoms with van der Waals surface area (Å²) in [5.41, 5.74) is 3.58. The molecule has 0 aliphatic heterocycles. The summed E-state index contributed by atoms with van der Waals surface area (Å²) in [7, 11) is 0. The molecule has 10 heavy (non-hydrogen) atoms. The highest BCUT2D eigenvalue weighted by Crippen LogP contribution is 2.11. The number of rotatable bonds is 3. The lowest BCUT2D eigenvalue weighted by Crippen LogP contribution is -2.27. The van der Waals surface area contributed by atoms with E-state index >= 15 is 0 Å². The molecule has 4 nitrogen and oxygen atoms in total. The molecule has 5 heteroatoms. The van der Waals surface area contributed by atoms with Gasteiger partial charge in [0.15, 0.2) is 0 Å². The third-order valence-electron chi connectivity index (χ3n) is 1.34. The summed E-state index contributed by atoms with van der Waals surface area (Å²) in [4.78, 5) is 0. The third-order valence-corrected chi connectivity index (χ3v) is 1.84. The summed E-state index contributed by atoms with van der Waals surface area (Å²) in [6.45, 7) is 2.05. The molecular weight excluding hydrogens is 148 g/mol. The maximum atomic E-state index is 5.26. The maximum absolute atomic E-state index is 5.26. The fraction of sp³-hybridized carbons (Fsp3) is 0.600. The first kappa shape index (κ1) is 7.59. The maximum Gasteiger partial charge on any atom is 0.0925 e. The summed E-state index contributed by atoms with van der Waals surface area (Å²) in [5.74, 6) is 5.26. The van der Waals surface area contributed by atoms with Crippen molar-refractivity contribution in [2.75, 3.05) is 0 Å². The quantitative estimate of drug-likeness (QED) is 0.495. The Bertz CT molecular complexity index is 170. The van der Waals surface area contributed by atoms with E-state index in [1.165, 1.54) is 11.7 Å². The smallest absolute Gasteiger partial charge is 0.0925 e. The van der Waals surface area contributed by atoms with Crippen molar-refractivity contribution in [2.24, 2.45) is 5.84 Å². The second-order valence-electron chi connectivity index (χ2n) is 1.96. The summed E-state index contributed by atoms with van der Waals surface area (Å²) in [6.07, 6.45) is 2.67. The minimum Gasteiger partial charge on any atom is -0.271 e. The van der Waals surface area contributed by atoms with Gasteiger partial charge in [0.05, 0.1) is 29.7 Å². The SMILES string of the molecule is CCC(NN)c1cnsn1. The molecular formula is C5H10N4S. The van der Waals surface area contributed by atoms with Crippen LogP contribution in [0.3, 0.4) is 0 Å². The fourth-order valence-corrected chi connectivity index (χ4v) is 1.21. The molecule has 1 unspecified atom stereocenters. The van der Waals surface area contributed by atoms with Gasteiger partial charge in [-0.05, 0) is 6.42 Å². The van der Waals surface area contributed by atoms with Crippen molar-refractivity contribution < 1.29 is 0 Å². The van der Waals surface area contributed by atoms with Gasteiger partial charge in [-0.3, -0.25) is 11.3 Å². The molecule has 56 valence electrons. The highest BCUT2D eigenvalue weighted by Gasteiger charge is 2.08. The predicted octanol–water partition coefficient (Wildman–Crippen LogP) is 0.453. The Labute approximate surface area is 63.7 Å². The number of hydrogen-bond donors (Lipinski definition) is 2. The van der Waals surface area contributed by atoms with Crippen LogP contribution in [0.2, 0.25) is 0 Å². The molecule has 3 N–H and O–H groups in total. The van der Waals surface area contributed by atoms with E-state index in [-0.39, 0.29) is 6.04 Å². The van der Waals surface area contributed by atoms with E-state index in [0.29, 0.717) is 0 Å². The number of nitrogens with one attached hydrogen (secondary N) is 1. The Balaban J connectivity index is 2.64. The highest BCUT2D eigenvalue weighted by molar-refractivity contribution is 6.99. The minimum absolute atomic E-state index is 0.152. The molecule has 0 saturated carbocycles. The second-order valence-corrected chi connectivity index (χ2v) is 2.52. The molecule has 0 fully saturated rings. The zero-order valence-corrected chi connectivity index (χ0v) is 6.56. The first-order chi connectivity index (χ1) is 4.88. The summed E-state index contributed by atoms with van der Waals surface area (Å²) >= 11 is 1.20. The van der Waals surface area contributed by atoms with Crippen LogP contribution < -0.4 is 11.3 Å². The molecule has 0 radical (unpaired) electrons. The standard InChI is InChI=1S/C5H10N4S/c1-2-4(8-6)5-3-7-10-9-5/h3-4,8H,2,6H2,1H3. The zero-order chi connectivity index (χ0) is 7.40. The number of hydrogen-bond acceptors (Lipinski definition) is 5. The Morgan fingerprint density at radius 2 is 2.70 bits per heavy atom. The van der Waals surface area contributed by atoms with Crippen molar-refractivity contribution in [3.8, 4) is 0 Å². The number of hydrazine groups is 1. The van der Waals surface area contributed by atoms with Crippen molar-refractivity contribution in [3.63, 3.8) is 0 Å². The van der Waals surface area contributed by atoms with Crippen LogP contribution >= 0.6 is 11.7 Å². The average molecular weight is 158 g/mol. The van der Waals surface area contributed by atoms with Crippen LogP contribution in [0.4, 0.5) is 0 Å². The van der Waals surface area contributed by atoms with Crippen LogP contribution in [0.5, 0.6) is 0 Å². The Morgan fingerprint density at radius 1 is 1.90 bits per heavy atom. The van der Waals surface area contributed by atoms with Crippen molar-refractivity contribution in [1.29, 1.82) is 0 Å².